The molecule has 118 valence electrons. The van der Waals surface area contributed by atoms with Crippen LogP contribution in [0.2, 0.25) is 5.02 Å². The topological polar surface area (TPSA) is 18.5 Å². The maximum atomic E-state index is 6.49. The first-order valence-corrected chi connectivity index (χ1v) is 8.59. The highest BCUT2D eigenvalue weighted by molar-refractivity contribution is 6.33. The van der Waals surface area contributed by atoms with E-state index in [0.29, 0.717) is 0 Å². The van der Waals surface area contributed by atoms with Gasteiger partial charge in [-0.3, -0.25) is 4.90 Å². The Kier molecular flexibility index (Phi) is 6.81. The van der Waals surface area contributed by atoms with Gasteiger partial charge in [0.15, 0.2) is 0 Å². The lowest BCUT2D eigenvalue weighted by atomic mass is 10.1. The molecule has 0 saturated carbocycles. The van der Waals surface area contributed by atoms with Gasteiger partial charge in [0.05, 0.1) is 10.7 Å². The van der Waals surface area contributed by atoms with Crippen LogP contribution in [0.1, 0.15) is 32.3 Å². The van der Waals surface area contributed by atoms with E-state index in [0.717, 1.165) is 50.7 Å². The first-order valence-electron chi connectivity index (χ1n) is 8.21. The van der Waals surface area contributed by atoms with Crippen LogP contribution in [0.25, 0.3) is 0 Å². The van der Waals surface area contributed by atoms with Crippen molar-refractivity contribution in [2.24, 2.45) is 0 Å². The number of nitrogens with one attached hydrogen (secondary N) is 1. The van der Waals surface area contributed by atoms with E-state index in [2.05, 4.69) is 41.1 Å². The monoisotopic (exact) mass is 309 g/mol. The molecule has 4 heteroatoms. The summed E-state index contributed by atoms with van der Waals surface area (Å²) in [7, 11) is 0. The number of hydrogen-bond acceptors (Lipinski definition) is 3. The Bertz CT molecular complexity index is 428. The minimum Gasteiger partial charge on any atom is -0.368 e. The third-order valence-corrected chi connectivity index (χ3v) is 4.35. The Labute approximate surface area is 134 Å². The first-order chi connectivity index (χ1) is 10.3. The van der Waals surface area contributed by atoms with Crippen LogP contribution in [0.3, 0.4) is 0 Å². The number of anilines is 1. The van der Waals surface area contributed by atoms with Crippen LogP contribution in [0, 0.1) is 0 Å². The number of halogens is 1. The fourth-order valence-electron chi connectivity index (χ4n) is 2.97. The Hall–Kier alpha value is -0.770. The third kappa shape index (κ3) is 4.60. The molecule has 0 unspecified atom stereocenters. The van der Waals surface area contributed by atoms with Gasteiger partial charge in [0.2, 0.25) is 0 Å². The minimum absolute atomic E-state index is 0.884. The molecule has 1 aliphatic heterocycles. The normalized spacial score (nSPS) is 16.4. The maximum Gasteiger partial charge on any atom is 0.0642 e. The second kappa shape index (κ2) is 8.62. The number of hydrogen-bond donors (Lipinski definition) is 1. The smallest absolute Gasteiger partial charge is 0.0642 e. The molecule has 0 spiro atoms. The van der Waals surface area contributed by atoms with Crippen LogP contribution in [0.5, 0.6) is 0 Å². The highest BCUT2D eigenvalue weighted by Crippen LogP contribution is 2.30. The van der Waals surface area contributed by atoms with Crippen LogP contribution in [0.15, 0.2) is 18.2 Å². The van der Waals surface area contributed by atoms with Crippen molar-refractivity contribution in [3.05, 3.63) is 28.8 Å². The largest absolute Gasteiger partial charge is 0.368 e. The molecule has 1 N–H and O–H groups in total. The summed E-state index contributed by atoms with van der Waals surface area (Å²) in [5.74, 6) is 0. The summed E-state index contributed by atoms with van der Waals surface area (Å²) in [6.45, 7) is 12.0. The van der Waals surface area contributed by atoms with Crippen molar-refractivity contribution in [2.45, 2.75) is 33.2 Å². The van der Waals surface area contributed by atoms with Crippen LogP contribution in [-0.2, 0) is 6.54 Å². The number of piperazine rings is 1. The Morgan fingerprint density at radius 2 is 1.86 bits per heavy atom. The summed E-state index contributed by atoms with van der Waals surface area (Å²) in [5.41, 5.74) is 2.55. The predicted octanol–water partition coefficient (Wildman–Crippen LogP) is 3.37. The molecule has 0 atom stereocenters. The standard InChI is InChI=1S/C17H28ClN3/c1-3-8-19-14-15-6-5-7-16(18)17(15)21-12-10-20(9-4-2)11-13-21/h5-7,19H,3-4,8-14H2,1-2H3. The van der Waals surface area contributed by atoms with E-state index in [4.69, 9.17) is 11.6 Å². The molecule has 0 radical (unpaired) electrons. The molecule has 1 aliphatic rings. The molecule has 1 aromatic carbocycles. The second-order valence-corrected chi connectivity index (χ2v) is 6.16. The van der Waals surface area contributed by atoms with Gasteiger partial charge in [0, 0.05) is 32.7 Å². The molecule has 1 heterocycles. The van der Waals surface area contributed by atoms with Crippen LogP contribution >= 0.6 is 11.6 Å². The third-order valence-electron chi connectivity index (χ3n) is 4.04. The summed E-state index contributed by atoms with van der Waals surface area (Å²) in [5, 5.41) is 4.38. The minimum atomic E-state index is 0.884. The van der Waals surface area contributed by atoms with Gasteiger partial charge >= 0.3 is 0 Å². The van der Waals surface area contributed by atoms with E-state index in [1.165, 1.54) is 24.2 Å². The molecule has 1 fully saturated rings. The molecular weight excluding hydrogens is 282 g/mol. The summed E-state index contributed by atoms with van der Waals surface area (Å²) in [6, 6.07) is 6.27. The molecule has 0 aliphatic carbocycles. The van der Waals surface area contributed by atoms with Crippen molar-refractivity contribution in [3.63, 3.8) is 0 Å². The van der Waals surface area contributed by atoms with Gasteiger partial charge in [0.25, 0.3) is 0 Å². The van der Waals surface area contributed by atoms with Gasteiger partial charge in [-0.05, 0) is 37.6 Å². The Morgan fingerprint density at radius 1 is 1.10 bits per heavy atom. The molecule has 0 aromatic heterocycles. The Balaban J connectivity index is 2.04. The summed E-state index contributed by atoms with van der Waals surface area (Å²) in [6.07, 6.45) is 2.39. The SMILES string of the molecule is CCCNCc1cccc(Cl)c1N1CCN(CCC)CC1. The molecule has 1 saturated heterocycles. The van der Waals surface area contributed by atoms with Crippen molar-refractivity contribution in [2.75, 3.05) is 44.2 Å². The van der Waals surface area contributed by atoms with Crippen molar-refractivity contribution < 1.29 is 0 Å². The van der Waals surface area contributed by atoms with Crippen molar-refractivity contribution in [3.8, 4) is 0 Å². The van der Waals surface area contributed by atoms with E-state index in [1.54, 1.807) is 0 Å². The zero-order valence-corrected chi connectivity index (χ0v) is 14.1. The van der Waals surface area contributed by atoms with Gasteiger partial charge in [-0.15, -0.1) is 0 Å². The first kappa shape index (κ1) is 16.6. The van der Waals surface area contributed by atoms with Crippen LogP contribution in [-0.4, -0.2) is 44.2 Å². The van der Waals surface area contributed by atoms with E-state index >= 15 is 0 Å². The van der Waals surface area contributed by atoms with E-state index in [9.17, 15) is 0 Å². The van der Waals surface area contributed by atoms with Crippen molar-refractivity contribution in [1.82, 2.24) is 10.2 Å². The number of rotatable bonds is 7. The summed E-state index contributed by atoms with van der Waals surface area (Å²) in [4.78, 5) is 5.00. The average Bonchev–Trinajstić information content (AvgIpc) is 2.49. The quantitative estimate of drug-likeness (QED) is 0.779. The van der Waals surface area contributed by atoms with Gasteiger partial charge in [-0.25, -0.2) is 0 Å². The average molecular weight is 310 g/mol. The molecule has 2 rings (SSSR count). The highest BCUT2D eigenvalue weighted by atomic mass is 35.5. The zero-order valence-electron chi connectivity index (χ0n) is 13.4. The van der Waals surface area contributed by atoms with E-state index in [1.807, 2.05) is 6.07 Å². The zero-order chi connectivity index (χ0) is 15.1. The molecule has 0 amide bonds. The fourth-order valence-corrected chi connectivity index (χ4v) is 3.28. The van der Waals surface area contributed by atoms with Crippen LogP contribution < -0.4 is 10.2 Å². The van der Waals surface area contributed by atoms with Gasteiger partial charge in [-0.1, -0.05) is 37.6 Å². The molecule has 0 bridgehead atoms. The fraction of sp³-hybridized carbons (Fsp3) is 0.647. The molecule has 1 aromatic rings. The van der Waals surface area contributed by atoms with E-state index in [-0.39, 0.29) is 0 Å². The lowest BCUT2D eigenvalue weighted by Gasteiger charge is -2.37. The van der Waals surface area contributed by atoms with Gasteiger partial charge < -0.3 is 10.2 Å². The van der Waals surface area contributed by atoms with Gasteiger partial charge in [0.1, 0.15) is 0 Å². The van der Waals surface area contributed by atoms with Crippen LogP contribution in [0.4, 0.5) is 5.69 Å². The highest BCUT2D eigenvalue weighted by Gasteiger charge is 2.20. The number of nitrogens with zero attached hydrogens (tertiary/aromatic N) is 2. The summed E-state index contributed by atoms with van der Waals surface area (Å²) >= 11 is 6.49. The molecule has 3 nitrogen and oxygen atoms in total. The number of benzene rings is 1. The lowest BCUT2D eigenvalue weighted by molar-refractivity contribution is 0.258. The Morgan fingerprint density at radius 3 is 2.52 bits per heavy atom. The predicted molar refractivity (Wildman–Crippen MR) is 92.4 cm³/mol. The second-order valence-electron chi connectivity index (χ2n) is 5.75. The van der Waals surface area contributed by atoms with Crippen molar-refractivity contribution in [1.29, 1.82) is 0 Å². The molecule has 21 heavy (non-hydrogen) atoms. The lowest BCUT2D eigenvalue weighted by Crippen LogP contribution is -2.47. The maximum absolute atomic E-state index is 6.49. The van der Waals surface area contributed by atoms with E-state index < -0.39 is 0 Å². The molecular formula is C17H28ClN3. The van der Waals surface area contributed by atoms with Gasteiger partial charge in [-0.2, -0.15) is 0 Å². The summed E-state index contributed by atoms with van der Waals surface area (Å²) < 4.78 is 0. The van der Waals surface area contributed by atoms with Crippen molar-refractivity contribution >= 4 is 17.3 Å². The number of para-hydroxylation sites is 1.